The summed E-state index contributed by atoms with van der Waals surface area (Å²) in [6.45, 7) is 8.56. The largest absolute Gasteiger partial charge is 0.323 e. The van der Waals surface area contributed by atoms with Gasteiger partial charge in [-0.15, -0.1) is 11.8 Å². The molecular formula is C18H23NS. The molecule has 0 radical (unpaired) electrons. The highest BCUT2D eigenvalue weighted by molar-refractivity contribution is 7.99. The Morgan fingerprint density at radius 1 is 0.900 bits per heavy atom. The molecule has 2 aromatic rings. The fraction of sp³-hybridized carbons (Fsp3) is 0.333. The van der Waals surface area contributed by atoms with Crippen molar-refractivity contribution < 1.29 is 0 Å². The number of aryl methyl sites for hydroxylation is 4. The van der Waals surface area contributed by atoms with Gasteiger partial charge in [-0.1, -0.05) is 29.8 Å². The van der Waals surface area contributed by atoms with Crippen molar-refractivity contribution in [1.82, 2.24) is 0 Å². The molecule has 2 aromatic carbocycles. The van der Waals surface area contributed by atoms with Crippen molar-refractivity contribution in [3.8, 4) is 0 Å². The Labute approximate surface area is 126 Å². The first-order valence-electron chi connectivity index (χ1n) is 7.00. The Balaban J connectivity index is 2.04. The summed E-state index contributed by atoms with van der Waals surface area (Å²) >= 11 is 1.83. The van der Waals surface area contributed by atoms with Crippen molar-refractivity contribution in [1.29, 1.82) is 0 Å². The average molecular weight is 285 g/mol. The fourth-order valence-corrected chi connectivity index (χ4v) is 3.30. The van der Waals surface area contributed by atoms with E-state index in [9.17, 15) is 0 Å². The van der Waals surface area contributed by atoms with E-state index >= 15 is 0 Å². The Bertz CT molecular complexity index is 604. The van der Waals surface area contributed by atoms with Gasteiger partial charge in [0.15, 0.2) is 0 Å². The summed E-state index contributed by atoms with van der Waals surface area (Å²) in [7, 11) is 0. The van der Waals surface area contributed by atoms with Gasteiger partial charge in [-0.3, -0.25) is 0 Å². The molecule has 0 saturated heterocycles. The Morgan fingerprint density at radius 2 is 1.65 bits per heavy atom. The summed E-state index contributed by atoms with van der Waals surface area (Å²) in [5.74, 6) is 0.909. The normalized spacial score (nSPS) is 12.4. The van der Waals surface area contributed by atoms with Crippen LogP contribution in [0.5, 0.6) is 0 Å². The van der Waals surface area contributed by atoms with Crippen LogP contribution in [0.25, 0.3) is 0 Å². The maximum atomic E-state index is 6.34. The first-order valence-corrected chi connectivity index (χ1v) is 7.98. The Morgan fingerprint density at radius 3 is 2.30 bits per heavy atom. The molecule has 106 valence electrons. The fourth-order valence-electron chi connectivity index (χ4n) is 2.32. The van der Waals surface area contributed by atoms with Gasteiger partial charge in [0.1, 0.15) is 0 Å². The SMILES string of the molecule is Cc1ccc(C(N)CSc2ccc(C)c(C)c2)c(C)c1. The van der Waals surface area contributed by atoms with Crippen molar-refractivity contribution >= 4 is 11.8 Å². The van der Waals surface area contributed by atoms with Crippen LogP contribution in [0.4, 0.5) is 0 Å². The molecule has 0 amide bonds. The molecule has 0 saturated carbocycles. The number of nitrogens with two attached hydrogens (primary N) is 1. The van der Waals surface area contributed by atoms with Gasteiger partial charge in [0.2, 0.25) is 0 Å². The highest BCUT2D eigenvalue weighted by Gasteiger charge is 2.10. The van der Waals surface area contributed by atoms with Crippen molar-refractivity contribution in [2.45, 2.75) is 38.6 Å². The number of thioether (sulfide) groups is 1. The van der Waals surface area contributed by atoms with Gasteiger partial charge in [0.05, 0.1) is 0 Å². The van der Waals surface area contributed by atoms with Crippen LogP contribution < -0.4 is 5.73 Å². The van der Waals surface area contributed by atoms with Crippen LogP contribution in [0.2, 0.25) is 0 Å². The molecule has 1 nitrogen and oxygen atoms in total. The maximum absolute atomic E-state index is 6.34. The first kappa shape index (κ1) is 15.1. The van der Waals surface area contributed by atoms with Crippen LogP contribution in [0, 0.1) is 27.7 Å². The summed E-state index contributed by atoms with van der Waals surface area (Å²) in [4.78, 5) is 1.30. The molecule has 0 aliphatic carbocycles. The second kappa shape index (κ2) is 6.47. The second-order valence-corrected chi connectivity index (χ2v) is 6.62. The van der Waals surface area contributed by atoms with E-state index in [-0.39, 0.29) is 6.04 Å². The maximum Gasteiger partial charge on any atom is 0.0392 e. The van der Waals surface area contributed by atoms with Crippen LogP contribution in [-0.2, 0) is 0 Å². The minimum Gasteiger partial charge on any atom is -0.323 e. The third-order valence-electron chi connectivity index (χ3n) is 3.73. The lowest BCUT2D eigenvalue weighted by Gasteiger charge is -2.15. The van der Waals surface area contributed by atoms with Gasteiger partial charge < -0.3 is 5.73 Å². The van der Waals surface area contributed by atoms with Crippen molar-refractivity contribution in [2.24, 2.45) is 5.73 Å². The molecule has 2 rings (SSSR count). The Hall–Kier alpha value is -1.25. The summed E-state index contributed by atoms with van der Waals surface area (Å²) in [5, 5.41) is 0. The van der Waals surface area contributed by atoms with Gasteiger partial charge >= 0.3 is 0 Å². The first-order chi connectivity index (χ1) is 9.47. The summed E-state index contributed by atoms with van der Waals surface area (Å²) in [6, 6.07) is 13.2. The van der Waals surface area contributed by atoms with Crippen LogP contribution in [-0.4, -0.2) is 5.75 Å². The van der Waals surface area contributed by atoms with E-state index in [1.807, 2.05) is 11.8 Å². The predicted octanol–water partition coefficient (Wildman–Crippen LogP) is 4.71. The molecule has 2 N–H and O–H groups in total. The van der Waals surface area contributed by atoms with E-state index in [0.29, 0.717) is 0 Å². The van der Waals surface area contributed by atoms with Gasteiger partial charge in [-0.2, -0.15) is 0 Å². The molecule has 1 atom stereocenters. The van der Waals surface area contributed by atoms with Crippen LogP contribution in [0.3, 0.4) is 0 Å². The van der Waals surface area contributed by atoms with E-state index in [1.165, 1.54) is 32.7 Å². The zero-order valence-corrected chi connectivity index (χ0v) is 13.6. The lowest BCUT2D eigenvalue weighted by molar-refractivity contribution is 0.822. The molecule has 0 spiro atoms. The molecule has 1 unspecified atom stereocenters. The molecule has 0 aliphatic heterocycles. The zero-order chi connectivity index (χ0) is 14.7. The lowest BCUT2D eigenvalue weighted by atomic mass is 10.0. The minimum atomic E-state index is 0.0854. The van der Waals surface area contributed by atoms with Gasteiger partial charge in [-0.05, 0) is 62.1 Å². The van der Waals surface area contributed by atoms with Gasteiger partial charge in [0, 0.05) is 16.7 Å². The van der Waals surface area contributed by atoms with E-state index in [4.69, 9.17) is 5.73 Å². The molecule has 0 heterocycles. The number of hydrogen-bond donors (Lipinski definition) is 1. The monoisotopic (exact) mass is 285 g/mol. The van der Waals surface area contributed by atoms with Crippen LogP contribution in [0.1, 0.15) is 33.9 Å². The van der Waals surface area contributed by atoms with E-state index in [2.05, 4.69) is 64.1 Å². The smallest absolute Gasteiger partial charge is 0.0392 e. The summed E-state index contributed by atoms with van der Waals surface area (Å²) in [6.07, 6.45) is 0. The number of hydrogen-bond acceptors (Lipinski definition) is 2. The van der Waals surface area contributed by atoms with Crippen molar-refractivity contribution in [3.63, 3.8) is 0 Å². The van der Waals surface area contributed by atoms with Crippen LogP contribution >= 0.6 is 11.8 Å². The molecule has 0 fully saturated rings. The second-order valence-electron chi connectivity index (χ2n) is 5.52. The lowest BCUT2D eigenvalue weighted by Crippen LogP contribution is -2.14. The summed E-state index contributed by atoms with van der Waals surface area (Å²) < 4.78 is 0. The molecule has 0 aliphatic rings. The number of rotatable bonds is 4. The highest BCUT2D eigenvalue weighted by atomic mass is 32.2. The van der Waals surface area contributed by atoms with E-state index in [0.717, 1.165) is 5.75 Å². The molecule has 20 heavy (non-hydrogen) atoms. The predicted molar refractivity (Wildman–Crippen MR) is 89.5 cm³/mol. The van der Waals surface area contributed by atoms with E-state index < -0.39 is 0 Å². The van der Waals surface area contributed by atoms with Gasteiger partial charge in [-0.25, -0.2) is 0 Å². The number of benzene rings is 2. The molecule has 0 bridgehead atoms. The van der Waals surface area contributed by atoms with E-state index in [1.54, 1.807) is 0 Å². The third kappa shape index (κ3) is 3.65. The standard InChI is InChI=1S/C18H23NS/c1-12-5-8-17(15(4)9-12)18(19)11-20-16-7-6-13(2)14(3)10-16/h5-10,18H,11,19H2,1-4H3. The highest BCUT2D eigenvalue weighted by Crippen LogP contribution is 2.26. The minimum absolute atomic E-state index is 0.0854. The van der Waals surface area contributed by atoms with Crippen molar-refractivity contribution in [3.05, 3.63) is 64.2 Å². The summed E-state index contributed by atoms with van der Waals surface area (Å²) in [5.41, 5.74) is 12.9. The molecular weight excluding hydrogens is 262 g/mol. The van der Waals surface area contributed by atoms with Crippen LogP contribution in [0.15, 0.2) is 41.3 Å². The third-order valence-corrected chi connectivity index (χ3v) is 4.85. The molecule has 0 aromatic heterocycles. The zero-order valence-electron chi connectivity index (χ0n) is 12.7. The molecule has 2 heteroatoms. The topological polar surface area (TPSA) is 26.0 Å². The Kier molecular flexibility index (Phi) is 4.90. The van der Waals surface area contributed by atoms with Gasteiger partial charge in [0.25, 0.3) is 0 Å². The van der Waals surface area contributed by atoms with Crippen molar-refractivity contribution in [2.75, 3.05) is 5.75 Å². The average Bonchev–Trinajstić information content (AvgIpc) is 2.40. The quantitative estimate of drug-likeness (QED) is 0.823.